The smallest absolute Gasteiger partial charge is 0.441 e. The van der Waals surface area contributed by atoms with Crippen LogP contribution in [0.3, 0.4) is 0 Å². The van der Waals surface area contributed by atoms with Crippen molar-refractivity contribution >= 4 is 9.84 Å². The largest absolute Gasteiger partial charge is 0.459 e. The summed E-state index contributed by atoms with van der Waals surface area (Å²) < 4.78 is 34.5. The van der Waals surface area contributed by atoms with E-state index in [-0.39, 0.29) is 11.9 Å². The van der Waals surface area contributed by atoms with Gasteiger partial charge in [-0.3, -0.25) is 4.52 Å². The summed E-state index contributed by atoms with van der Waals surface area (Å²) in [5.74, 6) is -0.997. The molecule has 22 heavy (non-hydrogen) atoms. The van der Waals surface area contributed by atoms with Crippen molar-refractivity contribution in [2.24, 2.45) is 5.92 Å². The van der Waals surface area contributed by atoms with E-state index < -0.39 is 26.9 Å². The van der Waals surface area contributed by atoms with Crippen molar-refractivity contribution in [3.8, 4) is 6.01 Å². The van der Waals surface area contributed by atoms with Crippen LogP contribution >= 0.6 is 0 Å². The SMILES string of the molecule is C[C@H]1C(S(C)(=O)=O)c2ccccc2C[C@@H]1Oc1noc(=O)[nH]1. The van der Waals surface area contributed by atoms with Crippen LogP contribution < -0.4 is 10.5 Å². The van der Waals surface area contributed by atoms with Gasteiger partial charge in [0.25, 0.3) is 0 Å². The Balaban J connectivity index is 1.99. The lowest BCUT2D eigenvalue weighted by atomic mass is 9.82. The van der Waals surface area contributed by atoms with Gasteiger partial charge in [-0.15, -0.1) is 0 Å². The minimum Gasteiger partial charge on any atom is -0.459 e. The molecule has 8 heteroatoms. The molecule has 0 radical (unpaired) electrons. The number of ether oxygens (including phenoxy) is 1. The van der Waals surface area contributed by atoms with Crippen molar-refractivity contribution in [3.63, 3.8) is 0 Å². The van der Waals surface area contributed by atoms with Crippen molar-refractivity contribution in [1.82, 2.24) is 10.1 Å². The molecule has 0 aliphatic heterocycles. The molecule has 3 rings (SSSR count). The first-order chi connectivity index (χ1) is 10.4. The van der Waals surface area contributed by atoms with Gasteiger partial charge in [-0.25, -0.2) is 18.2 Å². The summed E-state index contributed by atoms with van der Waals surface area (Å²) in [6.07, 6.45) is 1.35. The molecule has 1 aliphatic carbocycles. The second-order valence-corrected chi connectivity index (χ2v) is 7.74. The number of hydrogen-bond donors (Lipinski definition) is 1. The average Bonchev–Trinajstić information content (AvgIpc) is 2.83. The Bertz CT molecular complexity index is 839. The minimum absolute atomic E-state index is 0.0338. The molecule has 0 spiro atoms. The molecule has 0 saturated heterocycles. The van der Waals surface area contributed by atoms with Crippen LogP contribution in [0.25, 0.3) is 0 Å². The van der Waals surface area contributed by atoms with E-state index in [9.17, 15) is 13.2 Å². The van der Waals surface area contributed by atoms with Gasteiger partial charge < -0.3 is 4.74 Å². The normalized spacial score (nSPS) is 24.7. The second-order valence-electron chi connectivity index (χ2n) is 5.57. The molecule has 0 saturated carbocycles. The average molecular weight is 324 g/mol. The molecule has 118 valence electrons. The Morgan fingerprint density at radius 1 is 1.36 bits per heavy atom. The number of sulfone groups is 1. The Morgan fingerprint density at radius 2 is 2.09 bits per heavy atom. The lowest BCUT2D eigenvalue weighted by Crippen LogP contribution is -2.39. The second kappa shape index (κ2) is 5.28. The summed E-state index contributed by atoms with van der Waals surface area (Å²) in [4.78, 5) is 13.3. The van der Waals surface area contributed by atoms with Crippen LogP contribution in [0, 0.1) is 5.92 Å². The summed E-state index contributed by atoms with van der Waals surface area (Å²) in [7, 11) is -3.30. The predicted molar refractivity (Wildman–Crippen MR) is 78.4 cm³/mol. The quantitative estimate of drug-likeness (QED) is 0.906. The number of rotatable bonds is 3. The lowest BCUT2D eigenvalue weighted by molar-refractivity contribution is 0.114. The summed E-state index contributed by atoms with van der Waals surface area (Å²) in [5.41, 5.74) is 1.73. The zero-order valence-corrected chi connectivity index (χ0v) is 13.0. The van der Waals surface area contributed by atoms with Crippen molar-refractivity contribution in [2.45, 2.75) is 24.7 Å². The number of benzene rings is 1. The number of hydrogen-bond acceptors (Lipinski definition) is 6. The number of nitrogens with one attached hydrogen (secondary N) is 1. The maximum Gasteiger partial charge on any atom is 0.441 e. The molecule has 0 amide bonds. The van der Waals surface area contributed by atoms with E-state index in [2.05, 4.69) is 14.7 Å². The first kappa shape index (κ1) is 14.8. The van der Waals surface area contributed by atoms with Crippen LogP contribution in [0.4, 0.5) is 0 Å². The van der Waals surface area contributed by atoms with Gasteiger partial charge in [0.05, 0.1) is 5.25 Å². The molecule has 1 aromatic heterocycles. The maximum absolute atomic E-state index is 12.2. The van der Waals surface area contributed by atoms with E-state index in [4.69, 9.17) is 4.74 Å². The monoisotopic (exact) mass is 324 g/mol. The number of aromatic amines is 1. The molecule has 0 fully saturated rings. The molecule has 1 aromatic carbocycles. The van der Waals surface area contributed by atoms with Crippen molar-refractivity contribution in [3.05, 3.63) is 45.9 Å². The zero-order chi connectivity index (χ0) is 15.9. The molecule has 1 N–H and O–H groups in total. The van der Waals surface area contributed by atoms with Crippen LogP contribution in [0.2, 0.25) is 0 Å². The van der Waals surface area contributed by atoms with E-state index in [1.165, 1.54) is 6.26 Å². The third-order valence-corrected chi connectivity index (χ3v) is 5.60. The Hall–Kier alpha value is -2.09. The number of nitrogens with zero attached hydrogens (tertiary/aromatic N) is 1. The van der Waals surface area contributed by atoms with E-state index in [0.717, 1.165) is 11.1 Å². The van der Waals surface area contributed by atoms with E-state index in [1.54, 1.807) is 0 Å². The highest BCUT2D eigenvalue weighted by Gasteiger charge is 2.41. The van der Waals surface area contributed by atoms with Gasteiger partial charge in [0.2, 0.25) is 0 Å². The van der Waals surface area contributed by atoms with Crippen LogP contribution in [-0.4, -0.2) is 30.9 Å². The van der Waals surface area contributed by atoms with Gasteiger partial charge >= 0.3 is 11.8 Å². The predicted octanol–water partition coefficient (Wildman–Crippen LogP) is 1.09. The Morgan fingerprint density at radius 3 is 2.73 bits per heavy atom. The van der Waals surface area contributed by atoms with Gasteiger partial charge in [0, 0.05) is 18.6 Å². The number of fused-ring (bicyclic) bond motifs is 1. The molecule has 1 aliphatic rings. The van der Waals surface area contributed by atoms with Crippen molar-refractivity contribution in [1.29, 1.82) is 0 Å². The van der Waals surface area contributed by atoms with Gasteiger partial charge in [0.15, 0.2) is 9.84 Å². The van der Waals surface area contributed by atoms with Crippen LogP contribution in [0.15, 0.2) is 33.6 Å². The topological polar surface area (TPSA) is 102 Å². The van der Waals surface area contributed by atoms with Crippen LogP contribution in [0.5, 0.6) is 6.01 Å². The van der Waals surface area contributed by atoms with Gasteiger partial charge in [-0.05, 0) is 16.3 Å². The fourth-order valence-corrected chi connectivity index (χ4v) is 4.70. The minimum atomic E-state index is -3.30. The zero-order valence-electron chi connectivity index (χ0n) is 12.1. The number of H-pyrrole nitrogens is 1. The first-order valence-electron chi connectivity index (χ1n) is 6.85. The third kappa shape index (κ3) is 2.66. The number of aromatic nitrogens is 2. The highest BCUT2D eigenvalue weighted by atomic mass is 32.2. The summed E-state index contributed by atoms with van der Waals surface area (Å²) in [6, 6.07) is 7.39. The van der Waals surface area contributed by atoms with Gasteiger partial charge in [0.1, 0.15) is 6.10 Å². The highest BCUT2D eigenvalue weighted by molar-refractivity contribution is 7.90. The molecular weight excluding hydrogens is 308 g/mol. The van der Waals surface area contributed by atoms with Crippen molar-refractivity contribution < 1.29 is 17.7 Å². The maximum atomic E-state index is 12.2. The Kier molecular flexibility index (Phi) is 3.56. The van der Waals surface area contributed by atoms with E-state index >= 15 is 0 Å². The highest BCUT2D eigenvalue weighted by Crippen LogP contribution is 2.40. The fourth-order valence-electron chi connectivity index (χ4n) is 3.06. The fraction of sp³-hybridized carbons (Fsp3) is 0.429. The standard InChI is InChI=1S/C14H16N2O5S/c1-8-11(20-13-15-14(17)21-16-13)7-9-5-3-4-6-10(9)12(8)22(2,18)19/h3-6,8,11-12H,7H2,1-2H3,(H,15,16,17)/t8-,11+,12?/m1/s1. The summed E-state index contributed by atoms with van der Waals surface area (Å²) in [6.45, 7) is 1.82. The molecule has 7 nitrogen and oxygen atoms in total. The van der Waals surface area contributed by atoms with Crippen LogP contribution in [-0.2, 0) is 16.3 Å². The van der Waals surface area contributed by atoms with Crippen LogP contribution in [0.1, 0.15) is 23.3 Å². The summed E-state index contributed by atoms with van der Waals surface area (Å²) >= 11 is 0. The molecular formula is C14H16N2O5S. The van der Waals surface area contributed by atoms with Gasteiger partial charge in [-0.1, -0.05) is 31.2 Å². The molecule has 0 bridgehead atoms. The third-order valence-electron chi connectivity index (χ3n) is 3.99. The lowest BCUT2D eigenvalue weighted by Gasteiger charge is -2.35. The molecule has 2 aromatic rings. The molecule has 3 atom stereocenters. The van der Waals surface area contributed by atoms with Crippen molar-refractivity contribution in [2.75, 3.05) is 6.26 Å². The van der Waals surface area contributed by atoms with E-state index in [1.807, 2.05) is 31.2 Å². The first-order valence-corrected chi connectivity index (χ1v) is 8.81. The summed E-state index contributed by atoms with van der Waals surface area (Å²) in [5, 5.41) is 2.82. The molecule has 1 unspecified atom stereocenters. The molecule has 1 heterocycles. The van der Waals surface area contributed by atoms with E-state index in [0.29, 0.717) is 6.42 Å². The van der Waals surface area contributed by atoms with Gasteiger partial charge in [-0.2, -0.15) is 0 Å². The Labute approximate surface area is 127 Å².